The third kappa shape index (κ3) is 2.01. The first kappa shape index (κ1) is 8.56. The van der Waals surface area contributed by atoms with Gasteiger partial charge in [-0.15, -0.1) is 0 Å². The first-order chi connectivity index (χ1) is 6.36. The zero-order valence-electron chi connectivity index (χ0n) is 7.86. The van der Waals surface area contributed by atoms with Crippen molar-refractivity contribution in [3.8, 4) is 6.01 Å². The molecule has 0 atom stereocenters. The lowest BCUT2D eigenvalue weighted by atomic mass is 10.1. The van der Waals surface area contributed by atoms with Gasteiger partial charge in [-0.05, 0) is 25.9 Å². The summed E-state index contributed by atoms with van der Waals surface area (Å²) in [4.78, 5) is 4.13. The number of aromatic nitrogens is 2. The SMILES string of the molecule is Cn1ccnc1OC1CCNCC1. The molecule has 0 radical (unpaired) electrons. The number of nitrogens with zero attached hydrogens (tertiary/aromatic N) is 2. The van der Waals surface area contributed by atoms with E-state index in [1.807, 2.05) is 17.8 Å². The largest absolute Gasteiger partial charge is 0.461 e. The molecular formula is C9H15N3O. The maximum atomic E-state index is 5.74. The van der Waals surface area contributed by atoms with Crippen molar-refractivity contribution in [1.82, 2.24) is 14.9 Å². The highest BCUT2D eigenvalue weighted by Gasteiger charge is 2.15. The molecule has 1 N–H and O–H groups in total. The molecule has 0 bridgehead atoms. The van der Waals surface area contributed by atoms with E-state index in [9.17, 15) is 0 Å². The lowest BCUT2D eigenvalue weighted by Gasteiger charge is -2.22. The number of hydrogen-bond acceptors (Lipinski definition) is 3. The number of ether oxygens (including phenoxy) is 1. The van der Waals surface area contributed by atoms with E-state index in [-0.39, 0.29) is 0 Å². The molecule has 1 aromatic heterocycles. The molecule has 0 amide bonds. The molecule has 1 fully saturated rings. The standard InChI is InChI=1S/C9H15N3O/c1-12-7-6-11-9(12)13-8-2-4-10-5-3-8/h6-8,10H,2-5H2,1H3. The minimum atomic E-state index is 0.336. The summed E-state index contributed by atoms with van der Waals surface area (Å²) >= 11 is 0. The Kier molecular flexibility index (Phi) is 2.49. The van der Waals surface area contributed by atoms with E-state index in [0.717, 1.165) is 31.9 Å². The minimum Gasteiger partial charge on any atom is -0.461 e. The fourth-order valence-electron chi connectivity index (χ4n) is 1.53. The normalized spacial score (nSPS) is 18.8. The van der Waals surface area contributed by atoms with Gasteiger partial charge in [-0.3, -0.25) is 0 Å². The van der Waals surface area contributed by atoms with Gasteiger partial charge in [0, 0.05) is 19.4 Å². The number of rotatable bonds is 2. The Bertz CT molecular complexity index is 266. The number of imidazole rings is 1. The van der Waals surface area contributed by atoms with Crippen LogP contribution < -0.4 is 10.1 Å². The highest BCUT2D eigenvalue weighted by molar-refractivity contribution is 4.98. The quantitative estimate of drug-likeness (QED) is 0.724. The summed E-state index contributed by atoms with van der Waals surface area (Å²) in [7, 11) is 1.95. The summed E-state index contributed by atoms with van der Waals surface area (Å²) in [5.41, 5.74) is 0. The molecule has 2 rings (SSSR count). The van der Waals surface area contributed by atoms with E-state index in [1.165, 1.54) is 0 Å². The van der Waals surface area contributed by atoms with Crippen LogP contribution in [-0.2, 0) is 7.05 Å². The summed E-state index contributed by atoms with van der Waals surface area (Å²) in [6.45, 7) is 2.10. The molecule has 2 heterocycles. The second kappa shape index (κ2) is 3.79. The molecule has 13 heavy (non-hydrogen) atoms. The van der Waals surface area contributed by atoms with E-state index in [2.05, 4.69) is 10.3 Å². The third-order valence-electron chi connectivity index (χ3n) is 2.34. The van der Waals surface area contributed by atoms with Crippen LogP contribution in [0.2, 0.25) is 0 Å². The average molecular weight is 181 g/mol. The Morgan fingerprint density at radius 3 is 2.92 bits per heavy atom. The molecular weight excluding hydrogens is 166 g/mol. The first-order valence-electron chi connectivity index (χ1n) is 4.71. The van der Waals surface area contributed by atoms with E-state index < -0.39 is 0 Å². The van der Waals surface area contributed by atoms with Crippen LogP contribution in [0.15, 0.2) is 12.4 Å². The van der Waals surface area contributed by atoms with Gasteiger partial charge >= 0.3 is 0 Å². The van der Waals surface area contributed by atoms with Crippen LogP contribution in [0, 0.1) is 0 Å². The molecule has 1 saturated heterocycles. The van der Waals surface area contributed by atoms with Gasteiger partial charge in [-0.25, -0.2) is 4.98 Å². The summed E-state index contributed by atoms with van der Waals surface area (Å²) in [5, 5.41) is 3.30. The molecule has 4 heteroatoms. The Balaban J connectivity index is 1.93. The predicted octanol–water partition coefficient (Wildman–Crippen LogP) is 0.551. The van der Waals surface area contributed by atoms with Crippen LogP contribution in [0.25, 0.3) is 0 Å². The van der Waals surface area contributed by atoms with Crippen LogP contribution in [0.1, 0.15) is 12.8 Å². The maximum absolute atomic E-state index is 5.74. The minimum absolute atomic E-state index is 0.336. The van der Waals surface area contributed by atoms with Gasteiger partial charge in [0.2, 0.25) is 0 Å². The maximum Gasteiger partial charge on any atom is 0.296 e. The summed E-state index contributed by atoms with van der Waals surface area (Å²) in [5.74, 6) is 0. The van der Waals surface area contributed by atoms with Crippen molar-refractivity contribution < 1.29 is 4.74 Å². The van der Waals surface area contributed by atoms with Gasteiger partial charge in [0.25, 0.3) is 6.01 Å². The van der Waals surface area contributed by atoms with Crippen molar-refractivity contribution in [2.75, 3.05) is 13.1 Å². The lowest BCUT2D eigenvalue weighted by Crippen LogP contribution is -2.34. The van der Waals surface area contributed by atoms with Gasteiger partial charge in [0.15, 0.2) is 0 Å². The van der Waals surface area contributed by atoms with Crippen molar-refractivity contribution in [2.24, 2.45) is 7.05 Å². The second-order valence-corrected chi connectivity index (χ2v) is 3.39. The zero-order valence-corrected chi connectivity index (χ0v) is 7.86. The van der Waals surface area contributed by atoms with Gasteiger partial charge < -0.3 is 14.6 Å². The van der Waals surface area contributed by atoms with Crippen molar-refractivity contribution in [1.29, 1.82) is 0 Å². The van der Waals surface area contributed by atoms with Crippen LogP contribution in [0.3, 0.4) is 0 Å². The molecule has 1 aliphatic heterocycles. The Morgan fingerprint density at radius 1 is 1.54 bits per heavy atom. The predicted molar refractivity (Wildman–Crippen MR) is 49.7 cm³/mol. The number of aryl methyl sites for hydroxylation is 1. The molecule has 4 nitrogen and oxygen atoms in total. The number of hydrogen-bond donors (Lipinski definition) is 1. The van der Waals surface area contributed by atoms with Crippen molar-refractivity contribution in [3.63, 3.8) is 0 Å². The van der Waals surface area contributed by atoms with Crippen LogP contribution >= 0.6 is 0 Å². The molecule has 1 aromatic rings. The number of piperidine rings is 1. The van der Waals surface area contributed by atoms with Crippen molar-refractivity contribution in [3.05, 3.63) is 12.4 Å². The fraction of sp³-hybridized carbons (Fsp3) is 0.667. The summed E-state index contributed by atoms with van der Waals surface area (Å²) in [6, 6.07) is 0.729. The second-order valence-electron chi connectivity index (χ2n) is 3.39. The average Bonchev–Trinajstić information content (AvgIpc) is 2.54. The molecule has 0 aromatic carbocycles. The molecule has 0 saturated carbocycles. The summed E-state index contributed by atoms with van der Waals surface area (Å²) in [6.07, 6.45) is 6.15. The molecule has 1 aliphatic rings. The zero-order chi connectivity index (χ0) is 9.10. The van der Waals surface area contributed by atoms with Crippen LogP contribution in [0.4, 0.5) is 0 Å². The highest BCUT2D eigenvalue weighted by Crippen LogP contribution is 2.12. The van der Waals surface area contributed by atoms with Gasteiger partial charge in [0.05, 0.1) is 0 Å². The molecule has 0 aliphatic carbocycles. The van der Waals surface area contributed by atoms with E-state index in [1.54, 1.807) is 6.20 Å². The Morgan fingerprint density at radius 2 is 2.31 bits per heavy atom. The van der Waals surface area contributed by atoms with Gasteiger partial charge in [-0.1, -0.05) is 0 Å². The van der Waals surface area contributed by atoms with Gasteiger partial charge in [0.1, 0.15) is 6.10 Å². The monoisotopic (exact) mass is 181 g/mol. The number of nitrogens with one attached hydrogen (secondary N) is 1. The Hall–Kier alpha value is -1.03. The van der Waals surface area contributed by atoms with Crippen molar-refractivity contribution in [2.45, 2.75) is 18.9 Å². The van der Waals surface area contributed by atoms with Gasteiger partial charge in [-0.2, -0.15) is 0 Å². The smallest absolute Gasteiger partial charge is 0.296 e. The van der Waals surface area contributed by atoms with E-state index >= 15 is 0 Å². The first-order valence-corrected chi connectivity index (χ1v) is 4.71. The lowest BCUT2D eigenvalue weighted by molar-refractivity contribution is 0.144. The third-order valence-corrected chi connectivity index (χ3v) is 2.34. The van der Waals surface area contributed by atoms with E-state index in [0.29, 0.717) is 6.10 Å². The summed E-state index contributed by atoms with van der Waals surface area (Å²) < 4.78 is 7.64. The highest BCUT2D eigenvalue weighted by atomic mass is 16.5. The topological polar surface area (TPSA) is 39.1 Å². The van der Waals surface area contributed by atoms with Crippen LogP contribution in [-0.4, -0.2) is 28.7 Å². The van der Waals surface area contributed by atoms with E-state index in [4.69, 9.17) is 4.74 Å². The van der Waals surface area contributed by atoms with Crippen LogP contribution in [0.5, 0.6) is 6.01 Å². The molecule has 72 valence electrons. The van der Waals surface area contributed by atoms with Crippen molar-refractivity contribution >= 4 is 0 Å². The fourth-order valence-corrected chi connectivity index (χ4v) is 1.53. The Labute approximate surface area is 77.9 Å². The molecule has 0 spiro atoms. The molecule has 0 unspecified atom stereocenters.